The van der Waals surface area contributed by atoms with Crippen molar-refractivity contribution in [2.45, 2.75) is 13.5 Å². The predicted molar refractivity (Wildman–Crippen MR) is 73.9 cm³/mol. The Labute approximate surface area is 112 Å². The average molecular weight is 256 g/mol. The van der Waals surface area contributed by atoms with Gasteiger partial charge in [0.2, 0.25) is 0 Å². The van der Waals surface area contributed by atoms with Gasteiger partial charge in [-0.25, -0.2) is 0 Å². The van der Waals surface area contributed by atoms with Crippen LogP contribution in [0.1, 0.15) is 21.6 Å². The van der Waals surface area contributed by atoms with E-state index in [1.807, 2.05) is 25.1 Å². The Morgan fingerprint density at radius 3 is 2.74 bits per heavy atom. The Balaban J connectivity index is 2.08. The summed E-state index contributed by atoms with van der Waals surface area (Å²) in [5.41, 5.74) is 3.20. The summed E-state index contributed by atoms with van der Waals surface area (Å²) in [5, 5.41) is 5.87. The van der Waals surface area contributed by atoms with E-state index in [1.165, 1.54) is 0 Å². The molecule has 0 spiro atoms. The van der Waals surface area contributed by atoms with Crippen LogP contribution < -0.4 is 10.6 Å². The molecule has 2 aromatic rings. The maximum atomic E-state index is 12.1. The number of amides is 1. The van der Waals surface area contributed by atoms with Crippen LogP contribution in [0.15, 0.2) is 36.8 Å². The number of aryl methyl sites for hydroxylation is 1. The van der Waals surface area contributed by atoms with E-state index in [0.29, 0.717) is 12.1 Å². The minimum Gasteiger partial charge on any atom is -0.387 e. The Hall–Kier alpha value is -2.43. The number of nitrogens with one attached hydrogen (secondary N) is 2. The average Bonchev–Trinajstić information content (AvgIpc) is 2.45. The zero-order chi connectivity index (χ0) is 13.7. The predicted octanol–water partition coefficient (Wildman–Crippen LogP) is 1.76. The van der Waals surface area contributed by atoms with E-state index in [1.54, 1.807) is 25.6 Å². The number of hydrogen-bond acceptors (Lipinski definition) is 4. The molecule has 5 nitrogen and oxygen atoms in total. The minimum atomic E-state index is -0.145. The third kappa shape index (κ3) is 3.28. The number of carbonyl (C=O) groups is 1. The van der Waals surface area contributed by atoms with E-state index < -0.39 is 0 Å². The maximum Gasteiger partial charge on any atom is 0.255 e. The molecule has 0 bridgehead atoms. The summed E-state index contributed by atoms with van der Waals surface area (Å²) in [4.78, 5) is 20.2. The highest BCUT2D eigenvalue weighted by molar-refractivity contribution is 5.99. The second-order valence-corrected chi connectivity index (χ2v) is 4.16. The van der Waals surface area contributed by atoms with Gasteiger partial charge in [0.1, 0.15) is 0 Å². The Morgan fingerprint density at radius 1 is 1.32 bits per heavy atom. The molecular formula is C14H16N4O. The fourth-order valence-electron chi connectivity index (χ4n) is 1.73. The number of nitrogens with zero attached hydrogens (tertiary/aromatic N) is 2. The summed E-state index contributed by atoms with van der Waals surface area (Å²) in [5.74, 6) is -0.145. The van der Waals surface area contributed by atoms with E-state index >= 15 is 0 Å². The van der Waals surface area contributed by atoms with E-state index in [9.17, 15) is 4.79 Å². The van der Waals surface area contributed by atoms with E-state index in [2.05, 4.69) is 20.6 Å². The fourth-order valence-corrected chi connectivity index (χ4v) is 1.73. The van der Waals surface area contributed by atoms with E-state index in [0.717, 1.165) is 16.9 Å². The largest absolute Gasteiger partial charge is 0.387 e. The molecule has 2 rings (SSSR count). The summed E-state index contributed by atoms with van der Waals surface area (Å²) >= 11 is 0. The maximum absolute atomic E-state index is 12.1. The zero-order valence-corrected chi connectivity index (χ0v) is 11.0. The molecule has 0 fully saturated rings. The van der Waals surface area contributed by atoms with Crippen molar-refractivity contribution in [3.63, 3.8) is 0 Å². The summed E-state index contributed by atoms with van der Waals surface area (Å²) in [6.07, 6.45) is 4.99. The molecule has 0 aliphatic heterocycles. The first kappa shape index (κ1) is 13.0. The van der Waals surface area contributed by atoms with Crippen LogP contribution in [0.2, 0.25) is 0 Å². The van der Waals surface area contributed by atoms with Crippen molar-refractivity contribution in [2.24, 2.45) is 0 Å². The van der Waals surface area contributed by atoms with Gasteiger partial charge in [0.25, 0.3) is 5.91 Å². The van der Waals surface area contributed by atoms with Crippen molar-refractivity contribution in [1.82, 2.24) is 15.3 Å². The molecule has 98 valence electrons. The van der Waals surface area contributed by atoms with Crippen LogP contribution in [0.5, 0.6) is 0 Å². The first-order valence-electron chi connectivity index (χ1n) is 6.02. The van der Waals surface area contributed by atoms with Crippen LogP contribution >= 0.6 is 0 Å². The lowest BCUT2D eigenvalue weighted by atomic mass is 10.2. The van der Waals surface area contributed by atoms with E-state index in [-0.39, 0.29) is 5.91 Å². The second kappa shape index (κ2) is 5.95. The lowest BCUT2D eigenvalue weighted by Crippen LogP contribution is -2.24. The van der Waals surface area contributed by atoms with Gasteiger partial charge < -0.3 is 10.6 Å². The highest BCUT2D eigenvalue weighted by atomic mass is 16.1. The molecule has 1 amide bonds. The van der Waals surface area contributed by atoms with Crippen LogP contribution in [-0.4, -0.2) is 22.9 Å². The number of pyridine rings is 2. The number of rotatable bonds is 4. The van der Waals surface area contributed by atoms with Gasteiger partial charge in [-0.2, -0.15) is 0 Å². The van der Waals surface area contributed by atoms with Gasteiger partial charge in [-0.05, 0) is 30.7 Å². The molecule has 0 atom stereocenters. The molecule has 0 aliphatic rings. The monoisotopic (exact) mass is 256 g/mol. The zero-order valence-electron chi connectivity index (χ0n) is 11.0. The lowest BCUT2D eigenvalue weighted by molar-refractivity contribution is 0.0951. The summed E-state index contributed by atoms with van der Waals surface area (Å²) < 4.78 is 0. The molecule has 5 heteroatoms. The van der Waals surface area contributed by atoms with Crippen LogP contribution in [0, 0.1) is 6.92 Å². The highest BCUT2D eigenvalue weighted by Crippen LogP contribution is 2.14. The van der Waals surface area contributed by atoms with Crippen molar-refractivity contribution >= 4 is 11.6 Å². The second-order valence-electron chi connectivity index (χ2n) is 4.16. The van der Waals surface area contributed by atoms with Crippen molar-refractivity contribution in [3.05, 3.63) is 53.6 Å². The van der Waals surface area contributed by atoms with Crippen LogP contribution in [0.25, 0.3) is 0 Å². The van der Waals surface area contributed by atoms with Crippen LogP contribution in [-0.2, 0) is 6.54 Å². The van der Waals surface area contributed by atoms with Crippen LogP contribution in [0.3, 0.4) is 0 Å². The first-order valence-corrected chi connectivity index (χ1v) is 6.02. The smallest absolute Gasteiger partial charge is 0.255 e. The first-order chi connectivity index (χ1) is 9.20. The molecule has 0 radical (unpaired) electrons. The molecule has 0 saturated heterocycles. The quantitative estimate of drug-likeness (QED) is 0.874. The van der Waals surface area contributed by atoms with Crippen molar-refractivity contribution in [3.8, 4) is 0 Å². The van der Waals surface area contributed by atoms with Crippen molar-refractivity contribution in [1.29, 1.82) is 0 Å². The summed E-state index contributed by atoms with van der Waals surface area (Å²) in [6.45, 7) is 2.36. The SMILES string of the molecule is CNc1cc(C)ncc1C(=O)NCc1ccncc1. The topological polar surface area (TPSA) is 66.9 Å². The Bertz CT molecular complexity index is 569. The number of aromatic nitrogens is 2. The summed E-state index contributed by atoms with van der Waals surface area (Å²) in [6, 6.07) is 5.58. The number of anilines is 1. The van der Waals surface area contributed by atoms with Gasteiger partial charge in [-0.3, -0.25) is 14.8 Å². The number of carbonyl (C=O) groups excluding carboxylic acids is 1. The van der Waals surface area contributed by atoms with Gasteiger partial charge in [-0.15, -0.1) is 0 Å². The van der Waals surface area contributed by atoms with E-state index in [4.69, 9.17) is 0 Å². The molecule has 2 N–H and O–H groups in total. The molecule has 0 aromatic carbocycles. The van der Waals surface area contributed by atoms with Gasteiger partial charge in [0.15, 0.2) is 0 Å². The van der Waals surface area contributed by atoms with Crippen LogP contribution in [0.4, 0.5) is 5.69 Å². The molecule has 0 unspecified atom stereocenters. The Kier molecular flexibility index (Phi) is 4.07. The molecule has 2 aromatic heterocycles. The third-order valence-electron chi connectivity index (χ3n) is 2.76. The lowest BCUT2D eigenvalue weighted by Gasteiger charge is -2.10. The van der Waals surface area contributed by atoms with Gasteiger partial charge in [0.05, 0.1) is 11.3 Å². The number of hydrogen-bond donors (Lipinski definition) is 2. The molecule has 0 saturated carbocycles. The minimum absolute atomic E-state index is 0.145. The Morgan fingerprint density at radius 2 is 2.05 bits per heavy atom. The normalized spacial score (nSPS) is 10.0. The van der Waals surface area contributed by atoms with Crippen molar-refractivity contribution in [2.75, 3.05) is 12.4 Å². The molecule has 19 heavy (non-hydrogen) atoms. The third-order valence-corrected chi connectivity index (χ3v) is 2.76. The van der Waals surface area contributed by atoms with Gasteiger partial charge in [0, 0.05) is 37.9 Å². The summed E-state index contributed by atoms with van der Waals surface area (Å²) in [7, 11) is 1.79. The molecular weight excluding hydrogens is 240 g/mol. The highest BCUT2D eigenvalue weighted by Gasteiger charge is 2.11. The van der Waals surface area contributed by atoms with Gasteiger partial charge in [-0.1, -0.05) is 0 Å². The fraction of sp³-hybridized carbons (Fsp3) is 0.214. The van der Waals surface area contributed by atoms with Crippen molar-refractivity contribution < 1.29 is 4.79 Å². The molecule has 0 aliphatic carbocycles. The standard InChI is InChI=1S/C14H16N4O/c1-10-7-13(15-2)12(9-17-10)14(19)18-8-11-3-5-16-6-4-11/h3-7,9H,8H2,1-2H3,(H,15,17)(H,18,19). The van der Waals surface area contributed by atoms with Gasteiger partial charge >= 0.3 is 0 Å². The molecule has 2 heterocycles.